The van der Waals surface area contributed by atoms with E-state index >= 15 is 0 Å². The summed E-state index contributed by atoms with van der Waals surface area (Å²) in [5.74, 6) is -1.77. The minimum absolute atomic E-state index is 0.0140. The zero-order valence-corrected chi connectivity index (χ0v) is 17.1. The predicted molar refractivity (Wildman–Crippen MR) is 105 cm³/mol. The van der Waals surface area contributed by atoms with Crippen molar-refractivity contribution in [3.63, 3.8) is 0 Å². The van der Waals surface area contributed by atoms with Crippen molar-refractivity contribution in [1.29, 1.82) is 0 Å². The SMILES string of the molecule is CCOC(=O)C1(CSc2cc(N)ns2)OC(=O)C(O)=C1Sc1cc(N)ns1. The Hall–Kier alpha value is -1.96. The molecule has 2 aromatic heterocycles. The summed E-state index contributed by atoms with van der Waals surface area (Å²) >= 11 is 4.44. The van der Waals surface area contributed by atoms with Crippen molar-refractivity contribution >= 4 is 70.2 Å². The summed E-state index contributed by atoms with van der Waals surface area (Å²) in [7, 11) is 0. The van der Waals surface area contributed by atoms with Gasteiger partial charge in [0.2, 0.25) is 5.76 Å². The first-order valence-electron chi connectivity index (χ1n) is 7.45. The van der Waals surface area contributed by atoms with E-state index in [1.54, 1.807) is 19.1 Å². The Morgan fingerprint density at radius 3 is 2.48 bits per heavy atom. The fourth-order valence-corrected chi connectivity index (χ4v) is 5.87. The Balaban J connectivity index is 1.95. The number of carbonyl (C=O) groups is 2. The molecule has 27 heavy (non-hydrogen) atoms. The summed E-state index contributed by atoms with van der Waals surface area (Å²) in [5.41, 5.74) is 9.45. The van der Waals surface area contributed by atoms with E-state index in [0.717, 1.165) is 39.0 Å². The first kappa shape index (κ1) is 19.8. The molecule has 1 unspecified atom stereocenters. The van der Waals surface area contributed by atoms with E-state index in [1.807, 2.05) is 0 Å². The number of nitrogen functional groups attached to an aromatic ring is 2. The number of cyclic esters (lactones) is 1. The average Bonchev–Trinajstić information content (AvgIpc) is 3.29. The summed E-state index contributed by atoms with van der Waals surface area (Å²) in [6.07, 6.45) is 0. The van der Waals surface area contributed by atoms with Gasteiger partial charge in [0.25, 0.3) is 5.60 Å². The van der Waals surface area contributed by atoms with Crippen molar-refractivity contribution in [2.75, 3.05) is 23.8 Å². The van der Waals surface area contributed by atoms with Gasteiger partial charge in [0.1, 0.15) is 11.6 Å². The molecule has 13 heteroatoms. The maximum Gasteiger partial charge on any atom is 0.375 e. The zero-order valence-electron chi connectivity index (χ0n) is 13.8. The molecule has 0 saturated heterocycles. The molecule has 1 atom stereocenters. The van der Waals surface area contributed by atoms with Gasteiger partial charge in [0.15, 0.2) is 0 Å². The van der Waals surface area contributed by atoms with Gasteiger partial charge in [-0.2, -0.15) is 8.75 Å². The first-order valence-corrected chi connectivity index (χ1v) is 10.8. The molecule has 3 rings (SSSR count). The molecule has 1 aliphatic rings. The van der Waals surface area contributed by atoms with E-state index < -0.39 is 23.3 Å². The number of esters is 2. The van der Waals surface area contributed by atoms with Gasteiger partial charge < -0.3 is 26.0 Å². The van der Waals surface area contributed by atoms with Gasteiger partial charge in [-0.1, -0.05) is 11.8 Å². The number of nitrogens with zero attached hydrogens (tertiary/aromatic N) is 2. The van der Waals surface area contributed by atoms with Crippen molar-refractivity contribution in [1.82, 2.24) is 8.75 Å². The average molecular weight is 447 g/mol. The first-order chi connectivity index (χ1) is 12.9. The highest BCUT2D eigenvalue weighted by molar-refractivity contribution is 8.05. The van der Waals surface area contributed by atoms with E-state index in [1.165, 1.54) is 11.8 Å². The minimum atomic E-state index is -1.79. The number of ether oxygens (including phenoxy) is 2. The van der Waals surface area contributed by atoms with Gasteiger partial charge in [0, 0.05) is 12.1 Å². The van der Waals surface area contributed by atoms with Crippen LogP contribution in [0.2, 0.25) is 0 Å². The number of hydrogen-bond donors (Lipinski definition) is 3. The summed E-state index contributed by atoms with van der Waals surface area (Å²) in [6, 6.07) is 3.22. The van der Waals surface area contributed by atoms with Crippen LogP contribution < -0.4 is 11.5 Å². The molecule has 5 N–H and O–H groups in total. The number of aromatic nitrogens is 2. The zero-order chi connectivity index (χ0) is 19.6. The van der Waals surface area contributed by atoms with Crippen LogP contribution in [0.4, 0.5) is 11.6 Å². The van der Waals surface area contributed by atoms with Gasteiger partial charge in [-0.15, -0.1) is 11.8 Å². The van der Waals surface area contributed by atoms with Crippen molar-refractivity contribution < 1.29 is 24.2 Å². The number of rotatable bonds is 7. The lowest BCUT2D eigenvalue weighted by Gasteiger charge is -2.26. The molecule has 0 aliphatic carbocycles. The van der Waals surface area contributed by atoms with Crippen LogP contribution in [0.3, 0.4) is 0 Å². The second-order valence-corrected chi connectivity index (χ2v) is 9.34. The molecule has 0 spiro atoms. The predicted octanol–water partition coefficient (Wildman–Crippen LogP) is 2.28. The molecule has 0 bridgehead atoms. The van der Waals surface area contributed by atoms with Crippen LogP contribution in [0, 0.1) is 0 Å². The van der Waals surface area contributed by atoms with Crippen LogP contribution in [-0.4, -0.2) is 43.8 Å². The molecular weight excluding hydrogens is 432 g/mol. The van der Waals surface area contributed by atoms with Gasteiger partial charge in [0.05, 0.1) is 25.7 Å². The molecule has 1 aliphatic heterocycles. The van der Waals surface area contributed by atoms with Crippen LogP contribution >= 0.6 is 46.6 Å². The van der Waals surface area contributed by atoms with Crippen molar-refractivity contribution in [2.45, 2.75) is 20.9 Å². The van der Waals surface area contributed by atoms with E-state index in [4.69, 9.17) is 20.9 Å². The molecular formula is C14H14N4O5S4. The van der Waals surface area contributed by atoms with E-state index in [0.29, 0.717) is 15.8 Å². The normalized spacial score (nSPS) is 19.4. The highest BCUT2D eigenvalue weighted by atomic mass is 32.2. The van der Waals surface area contributed by atoms with Crippen LogP contribution in [0.15, 0.2) is 31.2 Å². The van der Waals surface area contributed by atoms with E-state index in [-0.39, 0.29) is 17.3 Å². The van der Waals surface area contributed by atoms with Crippen LogP contribution in [0.1, 0.15) is 6.92 Å². The molecule has 2 aromatic rings. The number of thioether (sulfide) groups is 2. The molecule has 0 saturated carbocycles. The van der Waals surface area contributed by atoms with Crippen molar-refractivity contribution in [2.24, 2.45) is 0 Å². The van der Waals surface area contributed by atoms with E-state index in [9.17, 15) is 14.7 Å². The maximum absolute atomic E-state index is 12.7. The monoisotopic (exact) mass is 446 g/mol. The number of nitrogens with two attached hydrogens (primary N) is 2. The maximum atomic E-state index is 12.7. The summed E-state index contributed by atoms with van der Waals surface area (Å²) in [4.78, 5) is 24.9. The third-order valence-corrected chi connectivity index (χ3v) is 7.53. The number of aliphatic hydroxyl groups is 1. The van der Waals surface area contributed by atoms with Gasteiger partial charge in [-0.3, -0.25) is 0 Å². The van der Waals surface area contributed by atoms with Crippen LogP contribution in [-0.2, 0) is 19.1 Å². The highest BCUT2D eigenvalue weighted by Gasteiger charge is 2.56. The quantitative estimate of drug-likeness (QED) is 0.424. The molecule has 0 aromatic carbocycles. The number of aliphatic hydroxyl groups excluding tert-OH is 1. The summed E-state index contributed by atoms with van der Waals surface area (Å²) in [5, 5.41) is 10.3. The topological polar surface area (TPSA) is 151 Å². The lowest BCUT2D eigenvalue weighted by Crippen LogP contribution is -2.44. The third-order valence-electron chi connectivity index (χ3n) is 3.28. The summed E-state index contributed by atoms with van der Waals surface area (Å²) in [6.45, 7) is 1.72. The standard InChI is InChI=1S/C14H14N4O5S4/c1-2-22-13(21)14(5-24-8-3-6(15)17-26-8)11(10(19)12(20)23-14)25-9-4-7(16)18-27-9/h3-4,19H,2,5H2,1H3,(H2,15,17)(H2,16,18). The minimum Gasteiger partial charge on any atom is -0.501 e. The molecule has 0 fully saturated rings. The number of carbonyl (C=O) groups excluding carboxylic acids is 2. The fraction of sp³-hybridized carbons (Fsp3) is 0.286. The largest absolute Gasteiger partial charge is 0.501 e. The van der Waals surface area contributed by atoms with Crippen LogP contribution in [0.5, 0.6) is 0 Å². The van der Waals surface area contributed by atoms with E-state index in [2.05, 4.69) is 8.75 Å². The fourth-order valence-electron chi connectivity index (χ4n) is 2.14. The van der Waals surface area contributed by atoms with Gasteiger partial charge in [-0.25, -0.2) is 9.59 Å². The molecule has 144 valence electrons. The third kappa shape index (κ3) is 4.00. The second-order valence-electron chi connectivity index (χ2n) is 5.15. The Kier molecular flexibility index (Phi) is 5.83. The van der Waals surface area contributed by atoms with Gasteiger partial charge >= 0.3 is 11.9 Å². The lowest BCUT2D eigenvalue weighted by molar-refractivity contribution is -0.169. The Morgan fingerprint density at radius 1 is 1.30 bits per heavy atom. The highest BCUT2D eigenvalue weighted by Crippen LogP contribution is 2.47. The van der Waals surface area contributed by atoms with Crippen molar-refractivity contribution in [3.8, 4) is 0 Å². The van der Waals surface area contributed by atoms with Gasteiger partial charge in [-0.05, 0) is 30.0 Å². The smallest absolute Gasteiger partial charge is 0.375 e. The molecule has 3 heterocycles. The lowest BCUT2D eigenvalue weighted by atomic mass is 10.1. The molecule has 0 amide bonds. The molecule has 9 nitrogen and oxygen atoms in total. The second kappa shape index (κ2) is 7.96. The molecule has 0 radical (unpaired) electrons. The Morgan fingerprint density at radius 2 is 1.93 bits per heavy atom. The van der Waals surface area contributed by atoms with Crippen molar-refractivity contribution in [3.05, 3.63) is 22.8 Å². The van der Waals surface area contributed by atoms with Crippen LogP contribution in [0.25, 0.3) is 0 Å². The number of anilines is 2. The summed E-state index contributed by atoms with van der Waals surface area (Å²) < 4.78 is 19.7. The Bertz CT molecular complexity index is 911. The Labute approximate surface area is 170 Å². The number of hydrogen-bond acceptors (Lipinski definition) is 13.